The van der Waals surface area contributed by atoms with Crippen LogP contribution < -0.4 is 5.32 Å². The molecule has 0 aliphatic carbocycles. The van der Waals surface area contributed by atoms with Crippen molar-refractivity contribution in [1.82, 2.24) is 10.2 Å². The van der Waals surface area contributed by atoms with Gasteiger partial charge in [-0.05, 0) is 26.7 Å². The fraction of sp³-hybridized carbons (Fsp3) is 0.750. The number of carboxylic acids is 1. The number of hydrogen-bond acceptors (Lipinski definition) is 4. The lowest BCUT2D eigenvalue weighted by atomic mass is 10.2. The number of carbonyl (C=O) groups excluding carboxylic acids is 2. The number of amides is 2. The summed E-state index contributed by atoms with van der Waals surface area (Å²) in [7, 11) is 0. The molecule has 0 spiro atoms. The van der Waals surface area contributed by atoms with Gasteiger partial charge in [-0.2, -0.15) is 0 Å². The number of nitrogens with zero attached hydrogens (tertiary/aromatic N) is 1. The van der Waals surface area contributed by atoms with E-state index in [4.69, 9.17) is 9.84 Å². The Morgan fingerprint density at radius 3 is 2.37 bits per heavy atom. The van der Waals surface area contributed by atoms with Crippen molar-refractivity contribution in [2.75, 3.05) is 19.6 Å². The summed E-state index contributed by atoms with van der Waals surface area (Å²) in [5.74, 6) is -1.61. The number of aliphatic carboxylic acids is 1. The highest BCUT2D eigenvalue weighted by Gasteiger charge is 2.36. The molecule has 7 heteroatoms. The van der Waals surface area contributed by atoms with Crippen LogP contribution in [0.5, 0.6) is 0 Å². The quantitative estimate of drug-likeness (QED) is 0.686. The molecule has 0 saturated carbocycles. The molecule has 108 valence electrons. The van der Waals surface area contributed by atoms with E-state index in [-0.39, 0.29) is 18.4 Å². The first-order chi connectivity index (χ1) is 8.99. The summed E-state index contributed by atoms with van der Waals surface area (Å²) in [4.78, 5) is 35.7. The van der Waals surface area contributed by atoms with E-state index in [2.05, 4.69) is 5.32 Å². The van der Waals surface area contributed by atoms with Crippen LogP contribution in [-0.2, 0) is 19.1 Å². The minimum absolute atomic E-state index is 0.0270. The molecule has 1 aliphatic heterocycles. The van der Waals surface area contributed by atoms with Crippen molar-refractivity contribution < 1.29 is 24.2 Å². The zero-order chi connectivity index (χ0) is 14.4. The summed E-state index contributed by atoms with van der Waals surface area (Å²) in [6.45, 7) is 4.42. The van der Waals surface area contributed by atoms with Gasteiger partial charge in [0.2, 0.25) is 5.91 Å². The van der Waals surface area contributed by atoms with Crippen molar-refractivity contribution in [1.29, 1.82) is 0 Å². The lowest BCUT2D eigenvalue weighted by molar-refractivity contribution is -0.155. The smallest absolute Gasteiger partial charge is 0.332 e. The molecule has 1 rings (SSSR count). The predicted octanol–water partition coefficient (Wildman–Crippen LogP) is -0.397. The van der Waals surface area contributed by atoms with Crippen LogP contribution in [0, 0.1) is 0 Å². The molecule has 0 aromatic heterocycles. The first-order valence-electron chi connectivity index (χ1n) is 6.43. The highest BCUT2D eigenvalue weighted by molar-refractivity contribution is 5.87. The van der Waals surface area contributed by atoms with E-state index in [0.29, 0.717) is 25.9 Å². The molecule has 1 saturated heterocycles. The average molecular weight is 272 g/mol. The fourth-order valence-electron chi connectivity index (χ4n) is 1.98. The summed E-state index contributed by atoms with van der Waals surface area (Å²) in [5.41, 5.74) is 0. The van der Waals surface area contributed by atoms with Gasteiger partial charge in [-0.25, -0.2) is 4.79 Å². The molecule has 1 fully saturated rings. The molecule has 1 heterocycles. The van der Waals surface area contributed by atoms with E-state index in [9.17, 15) is 14.4 Å². The number of hydrogen-bond donors (Lipinski definition) is 2. The third kappa shape index (κ3) is 4.20. The topological polar surface area (TPSA) is 95.9 Å². The normalized spacial score (nSPS) is 22.0. The van der Waals surface area contributed by atoms with Crippen LogP contribution in [-0.4, -0.2) is 59.6 Å². The molecule has 2 N–H and O–H groups in total. The summed E-state index contributed by atoms with van der Waals surface area (Å²) in [6.07, 6.45) is -0.973. The summed E-state index contributed by atoms with van der Waals surface area (Å²) < 4.78 is 5.19. The van der Waals surface area contributed by atoms with Gasteiger partial charge < -0.3 is 20.1 Å². The van der Waals surface area contributed by atoms with Gasteiger partial charge in [0, 0.05) is 13.1 Å². The van der Waals surface area contributed by atoms with Crippen molar-refractivity contribution in [3.05, 3.63) is 0 Å². The highest BCUT2D eigenvalue weighted by atomic mass is 16.5. The third-order valence-corrected chi connectivity index (χ3v) is 2.97. The van der Waals surface area contributed by atoms with Gasteiger partial charge in [0.25, 0.3) is 5.91 Å². The number of likely N-dealkylation sites (N-methyl/N-ethyl adjacent to an activating group) is 2. The minimum atomic E-state index is -1.05. The van der Waals surface area contributed by atoms with Crippen LogP contribution in [0.15, 0.2) is 0 Å². The zero-order valence-corrected chi connectivity index (χ0v) is 11.2. The van der Waals surface area contributed by atoms with Crippen LogP contribution in [0.3, 0.4) is 0 Å². The fourth-order valence-corrected chi connectivity index (χ4v) is 1.98. The maximum atomic E-state index is 12.1. The Kier molecular flexibility index (Phi) is 5.75. The molecule has 0 bridgehead atoms. The first kappa shape index (κ1) is 15.4. The largest absolute Gasteiger partial charge is 0.479 e. The maximum Gasteiger partial charge on any atom is 0.332 e. The van der Waals surface area contributed by atoms with Crippen molar-refractivity contribution in [2.45, 2.75) is 38.9 Å². The summed E-state index contributed by atoms with van der Waals surface area (Å²) in [5, 5.41) is 11.4. The van der Waals surface area contributed by atoms with E-state index in [1.807, 2.05) is 0 Å². The van der Waals surface area contributed by atoms with Crippen molar-refractivity contribution in [3.8, 4) is 0 Å². The van der Waals surface area contributed by atoms with Crippen LogP contribution in [0.4, 0.5) is 0 Å². The molecule has 0 radical (unpaired) electrons. The predicted molar refractivity (Wildman–Crippen MR) is 66.5 cm³/mol. The Bertz CT molecular complexity index is 358. The molecule has 1 aliphatic rings. The second-order valence-electron chi connectivity index (χ2n) is 4.33. The van der Waals surface area contributed by atoms with Gasteiger partial charge in [-0.1, -0.05) is 0 Å². The van der Waals surface area contributed by atoms with Gasteiger partial charge in [-0.15, -0.1) is 0 Å². The Morgan fingerprint density at radius 1 is 1.26 bits per heavy atom. The molecular weight excluding hydrogens is 252 g/mol. The van der Waals surface area contributed by atoms with Crippen LogP contribution in [0.2, 0.25) is 0 Å². The van der Waals surface area contributed by atoms with E-state index in [0.717, 1.165) is 0 Å². The molecule has 2 unspecified atom stereocenters. The number of nitrogens with one attached hydrogen (secondary N) is 1. The van der Waals surface area contributed by atoms with Gasteiger partial charge in [0.05, 0.1) is 6.54 Å². The van der Waals surface area contributed by atoms with E-state index in [1.54, 1.807) is 13.8 Å². The lowest BCUT2D eigenvalue weighted by Crippen LogP contribution is -2.45. The Balaban J connectivity index is 2.55. The van der Waals surface area contributed by atoms with Gasteiger partial charge >= 0.3 is 5.97 Å². The van der Waals surface area contributed by atoms with Crippen molar-refractivity contribution >= 4 is 17.8 Å². The van der Waals surface area contributed by atoms with Crippen LogP contribution in [0.25, 0.3) is 0 Å². The average Bonchev–Trinajstić information content (AvgIpc) is 2.85. The second-order valence-corrected chi connectivity index (χ2v) is 4.33. The van der Waals surface area contributed by atoms with Crippen LogP contribution in [0.1, 0.15) is 26.7 Å². The number of carbonyl (C=O) groups is 3. The summed E-state index contributed by atoms with van der Waals surface area (Å²) in [6, 6.07) is 0. The van der Waals surface area contributed by atoms with Crippen LogP contribution >= 0.6 is 0 Å². The van der Waals surface area contributed by atoms with E-state index >= 15 is 0 Å². The van der Waals surface area contributed by atoms with E-state index < -0.39 is 18.2 Å². The summed E-state index contributed by atoms with van der Waals surface area (Å²) >= 11 is 0. The zero-order valence-electron chi connectivity index (χ0n) is 11.2. The maximum absolute atomic E-state index is 12.1. The second kappa shape index (κ2) is 7.08. The molecule has 7 nitrogen and oxygen atoms in total. The van der Waals surface area contributed by atoms with Crippen molar-refractivity contribution in [3.63, 3.8) is 0 Å². The molecule has 19 heavy (non-hydrogen) atoms. The monoisotopic (exact) mass is 272 g/mol. The number of ether oxygens (including phenoxy) is 1. The first-order valence-corrected chi connectivity index (χ1v) is 6.43. The SMILES string of the molecule is CCNC(=O)CN(CC)C(=O)C1CCC(C(=O)O)O1. The number of rotatable bonds is 6. The molecule has 2 amide bonds. The van der Waals surface area contributed by atoms with Crippen molar-refractivity contribution in [2.24, 2.45) is 0 Å². The van der Waals surface area contributed by atoms with Gasteiger partial charge in [0.15, 0.2) is 6.10 Å². The molecule has 0 aromatic carbocycles. The highest BCUT2D eigenvalue weighted by Crippen LogP contribution is 2.21. The Morgan fingerprint density at radius 2 is 1.89 bits per heavy atom. The molecular formula is C12H20N2O5. The number of carboxylic acid groups (broad SMARTS) is 1. The Hall–Kier alpha value is -1.63. The lowest BCUT2D eigenvalue weighted by Gasteiger charge is -2.23. The van der Waals surface area contributed by atoms with Gasteiger partial charge in [-0.3, -0.25) is 9.59 Å². The standard InChI is InChI=1S/C12H20N2O5/c1-3-13-10(15)7-14(4-2)11(16)8-5-6-9(19-8)12(17)18/h8-9H,3-7H2,1-2H3,(H,13,15)(H,17,18). The Labute approximate surface area is 111 Å². The third-order valence-electron chi connectivity index (χ3n) is 2.97. The van der Waals surface area contributed by atoms with E-state index in [1.165, 1.54) is 4.90 Å². The molecule has 0 aromatic rings. The minimum Gasteiger partial charge on any atom is -0.479 e. The van der Waals surface area contributed by atoms with Gasteiger partial charge in [0.1, 0.15) is 6.10 Å². The molecule has 2 atom stereocenters.